The van der Waals surface area contributed by atoms with E-state index in [-0.39, 0.29) is 6.04 Å². The van der Waals surface area contributed by atoms with Gasteiger partial charge in [0, 0.05) is 19.1 Å². The van der Waals surface area contributed by atoms with E-state index < -0.39 is 0 Å². The standard InChI is InChI=1S/C15H21NO2/c16-14(5-4-13-2-1-8-17-13)11-3-6-15-12(10-11)7-9-18-15/h3,6,10,13-14H,1-2,4-5,7-9,16H2. The van der Waals surface area contributed by atoms with Crippen molar-refractivity contribution in [2.75, 3.05) is 13.2 Å². The molecule has 2 unspecified atom stereocenters. The molecule has 18 heavy (non-hydrogen) atoms. The van der Waals surface area contributed by atoms with Crippen LogP contribution in [0.2, 0.25) is 0 Å². The molecule has 2 aliphatic heterocycles. The Morgan fingerprint density at radius 2 is 2.28 bits per heavy atom. The summed E-state index contributed by atoms with van der Waals surface area (Å²) in [6.45, 7) is 1.74. The molecule has 0 aromatic heterocycles. The van der Waals surface area contributed by atoms with Crippen molar-refractivity contribution < 1.29 is 9.47 Å². The maximum Gasteiger partial charge on any atom is 0.122 e. The molecule has 1 fully saturated rings. The molecule has 3 rings (SSSR count). The summed E-state index contributed by atoms with van der Waals surface area (Å²) in [5, 5.41) is 0. The average molecular weight is 247 g/mol. The Morgan fingerprint density at radius 3 is 3.11 bits per heavy atom. The number of benzene rings is 1. The Labute approximate surface area is 108 Å². The summed E-state index contributed by atoms with van der Waals surface area (Å²) in [4.78, 5) is 0. The minimum Gasteiger partial charge on any atom is -0.493 e. The number of nitrogens with two attached hydrogens (primary N) is 1. The Balaban J connectivity index is 1.59. The summed E-state index contributed by atoms with van der Waals surface area (Å²) in [6, 6.07) is 6.50. The summed E-state index contributed by atoms with van der Waals surface area (Å²) in [7, 11) is 0. The van der Waals surface area contributed by atoms with E-state index in [4.69, 9.17) is 15.2 Å². The third-order valence-electron chi connectivity index (χ3n) is 3.97. The van der Waals surface area contributed by atoms with Gasteiger partial charge in [-0.2, -0.15) is 0 Å². The molecule has 2 aliphatic rings. The molecule has 2 atom stereocenters. The highest BCUT2D eigenvalue weighted by molar-refractivity contribution is 5.40. The van der Waals surface area contributed by atoms with E-state index in [1.165, 1.54) is 24.0 Å². The van der Waals surface area contributed by atoms with E-state index in [2.05, 4.69) is 18.2 Å². The second-order valence-electron chi connectivity index (χ2n) is 5.28. The lowest BCUT2D eigenvalue weighted by atomic mass is 9.98. The molecule has 0 bridgehead atoms. The first-order valence-corrected chi connectivity index (χ1v) is 6.96. The average Bonchev–Trinajstić information content (AvgIpc) is 3.05. The van der Waals surface area contributed by atoms with Crippen LogP contribution in [0.1, 0.15) is 42.9 Å². The first-order chi connectivity index (χ1) is 8.83. The number of ether oxygens (including phenoxy) is 2. The van der Waals surface area contributed by atoms with Gasteiger partial charge in [-0.1, -0.05) is 12.1 Å². The third-order valence-corrected chi connectivity index (χ3v) is 3.97. The predicted octanol–water partition coefficient (Wildman–Crippen LogP) is 2.58. The van der Waals surface area contributed by atoms with Crippen LogP contribution < -0.4 is 10.5 Å². The molecule has 98 valence electrons. The first kappa shape index (κ1) is 12.0. The maximum absolute atomic E-state index is 6.27. The smallest absolute Gasteiger partial charge is 0.122 e. The van der Waals surface area contributed by atoms with Gasteiger partial charge in [0.2, 0.25) is 0 Å². The molecule has 2 heterocycles. The van der Waals surface area contributed by atoms with E-state index in [1.807, 2.05) is 0 Å². The molecule has 1 aromatic rings. The van der Waals surface area contributed by atoms with E-state index in [0.717, 1.165) is 38.2 Å². The van der Waals surface area contributed by atoms with Gasteiger partial charge < -0.3 is 15.2 Å². The zero-order chi connectivity index (χ0) is 12.4. The number of rotatable bonds is 4. The summed E-state index contributed by atoms with van der Waals surface area (Å²) in [5.41, 5.74) is 8.81. The van der Waals surface area contributed by atoms with Crippen molar-refractivity contribution >= 4 is 0 Å². The summed E-state index contributed by atoms with van der Waals surface area (Å²) in [6.07, 6.45) is 5.94. The fourth-order valence-electron chi connectivity index (χ4n) is 2.84. The highest BCUT2D eigenvalue weighted by Gasteiger charge is 2.18. The monoisotopic (exact) mass is 247 g/mol. The van der Waals surface area contributed by atoms with Gasteiger partial charge >= 0.3 is 0 Å². The van der Waals surface area contributed by atoms with Gasteiger partial charge in [0.1, 0.15) is 5.75 Å². The molecule has 3 nitrogen and oxygen atoms in total. The quantitative estimate of drug-likeness (QED) is 0.889. The molecule has 0 saturated carbocycles. The van der Waals surface area contributed by atoms with Crippen LogP contribution in [-0.2, 0) is 11.2 Å². The van der Waals surface area contributed by atoms with Crippen LogP contribution in [0.15, 0.2) is 18.2 Å². The van der Waals surface area contributed by atoms with Gasteiger partial charge in [-0.25, -0.2) is 0 Å². The molecule has 0 spiro atoms. The van der Waals surface area contributed by atoms with Gasteiger partial charge in [-0.05, 0) is 42.9 Å². The summed E-state index contributed by atoms with van der Waals surface area (Å²) < 4.78 is 11.2. The maximum atomic E-state index is 6.27. The third kappa shape index (κ3) is 2.52. The van der Waals surface area contributed by atoms with Crippen molar-refractivity contribution in [3.05, 3.63) is 29.3 Å². The topological polar surface area (TPSA) is 44.5 Å². The zero-order valence-electron chi connectivity index (χ0n) is 10.7. The van der Waals surface area contributed by atoms with Crippen LogP contribution in [0.4, 0.5) is 0 Å². The van der Waals surface area contributed by atoms with Gasteiger partial charge in [0.25, 0.3) is 0 Å². The SMILES string of the molecule is NC(CCC1CCCO1)c1ccc2c(c1)CCO2. The molecule has 0 amide bonds. The van der Waals surface area contributed by atoms with E-state index >= 15 is 0 Å². The molecule has 0 radical (unpaired) electrons. The number of fused-ring (bicyclic) bond motifs is 1. The zero-order valence-corrected chi connectivity index (χ0v) is 10.7. The second-order valence-corrected chi connectivity index (χ2v) is 5.28. The van der Waals surface area contributed by atoms with Gasteiger partial charge in [0.05, 0.1) is 12.7 Å². The van der Waals surface area contributed by atoms with Crippen LogP contribution in [0, 0.1) is 0 Å². The van der Waals surface area contributed by atoms with Crippen LogP contribution in [0.3, 0.4) is 0 Å². The molecular weight excluding hydrogens is 226 g/mol. The van der Waals surface area contributed by atoms with Crippen molar-refractivity contribution in [3.63, 3.8) is 0 Å². The predicted molar refractivity (Wildman–Crippen MR) is 70.8 cm³/mol. The van der Waals surface area contributed by atoms with Crippen molar-refractivity contribution in [1.29, 1.82) is 0 Å². The van der Waals surface area contributed by atoms with E-state index in [9.17, 15) is 0 Å². The van der Waals surface area contributed by atoms with E-state index in [1.54, 1.807) is 0 Å². The Bertz CT molecular complexity index is 413. The fraction of sp³-hybridized carbons (Fsp3) is 0.600. The molecule has 0 aliphatic carbocycles. The number of hydrogen-bond acceptors (Lipinski definition) is 3. The lowest BCUT2D eigenvalue weighted by Gasteiger charge is -2.15. The van der Waals surface area contributed by atoms with Crippen molar-refractivity contribution in [1.82, 2.24) is 0 Å². The van der Waals surface area contributed by atoms with Crippen LogP contribution in [0.25, 0.3) is 0 Å². The minimum absolute atomic E-state index is 0.125. The highest BCUT2D eigenvalue weighted by atomic mass is 16.5. The van der Waals surface area contributed by atoms with E-state index in [0.29, 0.717) is 6.10 Å². The molecular formula is C15H21NO2. The lowest BCUT2D eigenvalue weighted by molar-refractivity contribution is 0.101. The Morgan fingerprint density at radius 1 is 1.33 bits per heavy atom. The van der Waals surface area contributed by atoms with Crippen molar-refractivity contribution in [3.8, 4) is 5.75 Å². The largest absolute Gasteiger partial charge is 0.493 e. The normalized spacial score (nSPS) is 23.7. The minimum atomic E-state index is 0.125. The van der Waals surface area contributed by atoms with Gasteiger partial charge in [-0.15, -0.1) is 0 Å². The Hall–Kier alpha value is -1.06. The van der Waals surface area contributed by atoms with Crippen molar-refractivity contribution in [2.45, 2.75) is 44.2 Å². The molecule has 1 aromatic carbocycles. The van der Waals surface area contributed by atoms with Gasteiger partial charge in [0.15, 0.2) is 0 Å². The van der Waals surface area contributed by atoms with Gasteiger partial charge in [-0.3, -0.25) is 0 Å². The van der Waals surface area contributed by atoms with Crippen molar-refractivity contribution in [2.24, 2.45) is 5.73 Å². The van der Waals surface area contributed by atoms with Crippen LogP contribution in [0.5, 0.6) is 5.75 Å². The molecule has 2 N–H and O–H groups in total. The summed E-state index contributed by atoms with van der Waals surface area (Å²) >= 11 is 0. The first-order valence-electron chi connectivity index (χ1n) is 6.96. The summed E-state index contributed by atoms with van der Waals surface area (Å²) in [5.74, 6) is 1.03. The number of hydrogen-bond donors (Lipinski definition) is 1. The lowest BCUT2D eigenvalue weighted by Crippen LogP contribution is -2.14. The Kier molecular flexibility index (Phi) is 3.52. The molecule has 3 heteroatoms. The van der Waals surface area contributed by atoms with Crippen LogP contribution >= 0.6 is 0 Å². The second kappa shape index (κ2) is 5.29. The molecule has 1 saturated heterocycles. The fourth-order valence-corrected chi connectivity index (χ4v) is 2.84. The van der Waals surface area contributed by atoms with Crippen LogP contribution in [-0.4, -0.2) is 19.3 Å². The highest BCUT2D eigenvalue weighted by Crippen LogP contribution is 2.29.